The first-order valence-corrected chi connectivity index (χ1v) is 10.2. The van der Waals surface area contributed by atoms with E-state index in [9.17, 15) is 4.79 Å². The van der Waals surface area contributed by atoms with E-state index < -0.39 is 0 Å². The lowest BCUT2D eigenvalue weighted by Gasteiger charge is -2.33. The molecule has 0 saturated carbocycles. The van der Waals surface area contributed by atoms with Gasteiger partial charge in [-0.2, -0.15) is 0 Å². The molecule has 3 rings (SSSR count). The molecule has 4 atom stereocenters. The minimum Gasteiger partial charge on any atom is -0.493 e. The number of allylic oxidation sites excluding steroid dienone is 3. The Morgan fingerprint density at radius 1 is 1.22 bits per heavy atom. The molecule has 4 nitrogen and oxygen atoms in total. The molecule has 1 amide bonds. The van der Waals surface area contributed by atoms with Crippen LogP contribution in [0.4, 0.5) is 0 Å². The van der Waals surface area contributed by atoms with Crippen LogP contribution in [-0.4, -0.2) is 42.7 Å². The molecule has 0 radical (unpaired) electrons. The van der Waals surface area contributed by atoms with Gasteiger partial charge in [-0.3, -0.25) is 4.79 Å². The topological polar surface area (TPSA) is 38.8 Å². The summed E-state index contributed by atoms with van der Waals surface area (Å²) in [7, 11) is 0. The van der Waals surface area contributed by atoms with Gasteiger partial charge in [-0.15, -0.1) is 5.73 Å². The minimum absolute atomic E-state index is 0.00758. The van der Waals surface area contributed by atoms with E-state index in [0.29, 0.717) is 12.4 Å². The van der Waals surface area contributed by atoms with Crippen LogP contribution < -0.4 is 0 Å². The Hall–Kier alpha value is -2.03. The van der Waals surface area contributed by atoms with E-state index in [1.54, 1.807) is 0 Å². The lowest BCUT2D eigenvalue weighted by molar-refractivity contribution is -0.138. The Balaban J connectivity index is 1.68. The maximum absolute atomic E-state index is 13.3. The zero-order valence-electron chi connectivity index (χ0n) is 16.5. The summed E-state index contributed by atoms with van der Waals surface area (Å²) < 4.78 is 12.1. The van der Waals surface area contributed by atoms with Crippen molar-refractivity contribution in [3.05, 3.63) is 54.0 Å². The number of nitrogens with zero attached hydrogens (tertiary/aromatic N) is 1. The maximum Gasteiger partial charge on any atom is 0.229 e. The molecule has 2 aliphatic heterocycles. The monoisotopic (exact) mass is 369 g/mol. The average Bonchev–Trinajstić information content (AvgIpc) is 3.18. The summed E-state index contributed by atoms with van der Waals surface area (Å²) in [5.41, 5.74) is 4.10. The zero-order chi connectivity index (χ0) is 19.2. The normalized spacial score (nSPS) is 28.1. The van der Waals surface area contributed by atoms with E-state index >= 15 is 0 Å². The van der Waals surface area contributed by atoms with E-state index in [1.807, 2.05) is 35.3 Å². The molecule has 2 unspecified atom stereocenters. The first-order chi connectivity index (χ1) is 13.2. The third-order valence-electron chi connectivity index (χ3n) is 5.55. The Labute approximate surface area is 162 Å². The Bertz CT molecular complexity index is 678. The van der Waals surface area contributed by atoms with Crippen LogP contribution in [0.2, 0.25) is 0 Å². The van der Waals surface area contributed by atoms with Crippen molar-refractivity contribution in [2.24, 2.45) is 11.8 Å². The van der Waals surface area contributed by atoms with Crippen LogP contribution in [0.5, 0.6) is 0 Å². The number of rotatable bonds is 9. The first kappa shape index (κ1) is 19.7. The average molecular weight is 370 g/mol. The van der Waals surface area contributed by atoms with Gasteiger partial charge in [0, 0.05) is 13.1 Å². The number of carbonyl (C=O) groups is 1. The smallest absolute Gasteiger partial charge is 0.229 e. The molecule has 2 bridgehead atoms. The quantitative estimate of drug-likeness (QED) is 0.452. The molecule has 0 aromatic heterocycles. The second-order valence-electron chi connectivity index (χ2n) is 7.52. The van der Waals surface area contributed by atoms with Gasteiger partial charge in [0.05, 0.1) is 29.8 Å². The highest BCUT2D eigenvalue weighted by atomic mass is 16.5. The van der Waals surface area contributed by atoms with E-state index in [-0.39, 0.29) is 30.0 Å². The minimum atomic E-state index is -0.158. The summed E-state index contributed by atoms with van der Waals surface area (Å²) in [5, 5.41) is 0. The zero-order valence-corrected chi connectivity index (χ0v) is 16.5. The molecule has 0 spiro atoms. The molecular weight excluding hydrogens is 338 g/mol. The van der Waals surface area contributed by atoms with Crippen molar-refractivity contribution in [1.29, 1.82) is 0 Å². The molecule has 2 fully saturated rings. The summed E-state index contributed by atoms with van der Waals surface area (Å²) in [4.78, 5) is 15.3. The number of amides is 1. The molecular formula is C23H31NO3. The van der Waals surface area contributed by atoms with Gasteiger partial charge >= 0.3 is 0 Å². The van der Waals surface area contributed by atoms with E-state index in [2.05, 4.69) is 26.2 Å². The van der Waals surface area contributed by atoms with Crippen molar-refractivity contribution in [3.63, 3.8) is 0 Å². The molecule has 146 valence electrons. The molecule has 1 aliphatic carbocycles. The SMILES string of the molecule is C=C(OCC1=CC=C=CC=C1)C1C(C(=O)N(CCC)CCC)[C@@H]2CC[C@H]1O2. The number of hydrogen-bond donors (Lipinski definition) is 0. The molecule has 4 heteroatoms. The van der Waals surface area contributed by atoms with Crippen LogP contribution in [0, 0.1) is 11.8 Å². The van der Waals surface area contributed by atoms with Crippen molar-refractivity contribution >= 4 is 5.91 Å². The lowest BCUT2D eigenvalue weighted by Crippen LogP contribution is -2.45. The van der Waals surface area contributed by atoms with Gasteiger partial charge in [-0.05, 0) is 49.5 Å². The van der Waals surface area contributed by atoms with Crippen LogP contribution in [0.1, 0.15) is 39.5 Å². The van der Waals surface area contributed by atoms with Crippen LogP contribution in [0.25, 0.3) is 0 Å². The molecule has 3 aliphatic rings. The second kappa shape index (κ2) is 9.25. The molecule has 2 heterocycles. The fourth-order valence-corrected chi connectivity index (χ4v) is 4.35. The van der Waals surface area contributed by atoms with Crippen molar-refractivity contribution in [1.82, 2.24) is 4.90 Å². The van der Waals surface area contributed by atoms with E-state index in [0.717, 1.165) is 44.3 Å². The van der Waals surface area contributed by atoms with E-state index in [4.69, 9.17) is 9.47 Å². The van der Waals surface area contributed by atoms with Crippen LogP contribution in [0.15, 0.2) is 54.0 Å². The molecule has 0 N–H and O–H groups in total. The lowest BCUT2D eigenvalue weighted by atomic mass is 9.77. The van der Waals surface area contributed by atoms with E-state index in [1.165, 1.54) is 0 Å². The van der Waals surface area contributed by atoms with Crippen LogP contribution >= 0.6 is 0 Å². The first-order valence-electron chi connectivity index (χ1n) is 10.2. The third kappa shape index (κ3) is 4.45. The third-order valence-corrected chi connectivity index (χ3v) is 5.55. The van der Waals surface area contributed by atoms with Gasteiger partial charge in [0.25, 0.3) is 0 Å². The molecule has 0 aromatic carbocycles. The summed E-state index contributed by atoms with van der Waals surface area (Å²) in [6.45, 7) is 10.5. The molecule has 2 saturated heterocycles. The van der Waals surface area contributed by atoms with Crippen LogP contribution in [0.3, 0.4) is 0 Å². The second-order valence-corrected chi connectivity index (χ2v) is 7.52. The standard InChI is InChI=1S/C23H31NO3/c1-4-14-24(15-5-2)23(25)22-20-13-12-19(27-20)21(22)17(3)26-16-18-10-8-6-7-9-11-18/h6,8-11,19-22H,3-5,12-16H2,1-2H3/t19-,20+,21?,22?/m1/s1. The fourth-order valence-electron chi connectivity index (χ4n) is 4.35. The van der Waals surface area contributed by atoms with Gasteiger partial charge in [-0.1, -0.05) is 32.6 Å². The summed E-state index contributed by atoms with van der Waals surface area (Å²) in [6, 6.07) is 0. The number of carbonyl (C=O) groups excluding carboxylic acids is 1. The highest BCUT2D eigenvalue weighted by Crippen LogP contribution is 2.47. The maximum atomic E-state index is 13.3. The number of ether oxygens (including phenoxy) is 2. The fraction of sp³-hybridized carbons (Fsp3) is 0.565. The van der Waals surface area contributed by atoms with Crippen LogP contribution in [-0.2, 0) is 14.3 Å². The number of hydrogen-bond acceptors (Lipinski definition) is 3. The summed E-state index contributed by atoms with van der Waals surface area (Å²) in [6.07, 6.45) is 13.6. The summed E-state index contributed by atoms with van der Waals surface area (Å²) >= 11 is 0. The largest absolute Gasteiger partial charge is 0.493 e. The Kier molecular flexibility index (Phi) is 6.76. The van der Waals surface area contributed by atoms with Crippen molar-refractivity contribution in [2.75, 3.05) is 19.7 Å². The predicted octanol–water partition coefficient (Wildman–Crippen LogP) is 4.17. The highest BCUT2D eigenvalue weighted by molar-refractivity contribution is 5.81. The van der Waals surface area contributed by atoms with Crippen molar-refractivity contribution in [2.45, 2.75) is 51.7 Å². The van der Waals surface area contributed by atoms with Crippen molar-refractivity contribution in [3.8, 4) is 0 Å². The van der Waals surface area contributed by atoms with Gasteiger partial charge < -0.3 is 14.4 Å². The summed E-state index contributed by atoms with van der Waals surface area (Å²) in [5.74, 6) is 0.691. The van der Waals surface area contributed by atoms with Gasteiger partial charge in [0.2, 0.25) is 5.91 Å². The predicted molar refractivity (Wildman–Crippen MR) is 107 cm³/mol. The number of fused-ring (bicyclic) bond motifs is 2. The Morgan fingerprint density at radius 3 is 2.63 bits per heavy atom. The molecule has 0 aromatic rings. The van der Waals surface area contributed by atoms with Gasteiger partial charge in [0.15, 0.2) is 0 Å². The molecule has 27 heavy (non-hydrogen) atoms. The van der Waals surface area contributed by atoms with Gasteiger partial charge in [0.1, 0.15) is 6.61 Å². The Morgan fingerprint density at radius 2 is 1.93 bits per heavy atom. The highest BCUT2D eigenvalue weighted by Gasteiger charge is 2.54. The van der Waals surface area contributed by atoms with Gasteiger partial charge in [-0.25, -0.2) is 0 Å². The van der Waals surface area contributed by atoms with Crippen molar-refractivity contribution < 1.29 is 14.3 Å².